The van der Waals surface area contributed by atoms with Crippen LogP contribution in [0.2, 0.25) is 0 Å². The lowest BCUT2D eigenvalue weighted by atomic mass is 9.99. The third kappa shape index (κ3) is 3.91. The minimum atomic E-state index is 0.643. The van der Waals surface area contributed by atoms with Crippen LogP contribution in [-0.2, 0) is 4.74 Å². The first kappa shape index (κ1) is 19.0. The second kappa shape index (κ2) is 8.42. The molecule has 0 bridgehead atoms. The van der Waals surface area contributed by atoms with E-state index in [4.69, 9.17) is 9.72 Å². The van der Waals surface area contributed by atoms with Crippen molar-refractivity contribution in [3.63, 3.8) is 0 Å². The fourth-order valence-electron chi connectivity index (χ4n) is 4.52. The molecule has 0 amide bonds. The molecule has 2 aliphatic heterocycles. The lowest BCUT2D eigenvalue weighted by Gasteiger charge is -2.35. The predicted octanol–water partition coefficient (Wildman–Crippen LogP) is 5.00. The smallest absolute Gasteiger partial charge is 0.137 e. The molecule has 2 saturated heterocycles. The fraction of sp³-hybridized carbons (Fsp3) is 0.458. The van der Waals surface area contributed by atoms with Gasteiger partial charge in [0.1, 0.15) is 5.82 Å². The number of nitrogens with zero attached hydrogens (tertiary/aromatic N) is 3. The van der Waals surface area contributed by atoms with Gasteiger partial charge in [-0.3, -0.25) is 0 Å². The molecule has 1 aromatic carbocycles. The van der Waals surface area contributed by atoms with Crippen molar-refractivity contribution in [3.8, 4) is 10.6 Å². The largest absolute Gasteiger partial charge is 0.381 e. The summed E-state index contributed by atoms with van der Waals surface area (Å²) in [5.74, 6) is 1.79. The van der Waals surface area contributed by atoms with Crippen LogP contribution in [0.3, 0.4) is 0 Å². The van der Waals surface area contributed by atoms with Gasteiger partial charge in [-0.25, -0.2) is 4.98 Å². The summed E-state index contributed by atoms with van der Waals surface area (Å²) in [6.07, 6.45) is 2.27. The molecule has 5 rings (SSSR count). The number of hydrogen-bond acceptors (Lipinski definition) is 5. The Bertz CT molecular complexity index is 971. The van der Waals surface area contributed by atoms with E-state index in [1.165, 1.54) is 20.5 Å². The van der Waals surface area contributed by atoms with E-state index in [1.54, 1.807) is 0 Å². The third-order valence-corrected chi connectivity index (χ3v) is 7.61. The molecular formula is C24H29N3OS. The van der Waals surface area contributed by atoms with Crippen LogP contribution in [0.5, 0.6) is 0 Å². The number of benzene rings is 1. The van der Waals surface area contributed by atoms with Crippen molar-refractivity contribution in [2.24, 2.45) is 0 Å². The monoisotopic (exact) mass is 407 g/mol. The first-order chi connectivity index (χ1) is 14.3. The summed E-state index contributed by atoms with van der Waals surface area (Å²) in [4.78, 5) is 13.0. The summed E-state index contributed by atoms with van der Waals surface area (Å²) in [7, 11) is 0. The molecule has 5 heteroatoms. The highest BCUT2D eigenvalue weighted by atomic mass is 32.1. The molecule has 152 valence electrons. The number of pyridine rings is 1. The van der Waals surface area contributed by atoms with Gasteiger partial charge in [-0.05, 0) is 48.9 Å². The molecule has 4 heterocycles. The molecule has 0 atom stereocenters. The number of rotatable bonds is 4. The van der Waals surface area contributed by atoms with Gasteiger partial charge in [0.2, 0.25) is 0 Å². The van der Waals surface area contributed by atoms with E-state index in [-0.39, 0.29) is 0 Å². The van der Waals surface area contributed by atoms with E-state index in [0.29, 0.717) is 5.92 Å². The predicted molar refractivity (Wildman–Crippen MR) is 122 cm³/mol. The van der Waals surface area contributed by atoms with Crippen LogP contribution in [0, 0.1) is 0 Å². The van der Waals surface area contributed by atoms with Gasteiger partial charge in [0.15, 0.2) is 0 Å². The van der Waals surface area contributed by atoms with Crippen molar-refractivity contribution in [1.82, 2.24) is 9.88 Å². The van der Waals surface area contributed by atoms with Crippen molar-refractivity contribution in [2.45, 2.75) is 25.7 Å². The van der Waals surface area contributed by atoms with E-state index < -0.39 is 0 Å². The van der Waals surface area contributed by atoms with E-state index in [1.807, 2.05) is 11.3 Å². The molecule has 2 aromatic heterocycles. The summed E-state index contributed by atoms with van der Waals surface area (Å²) in [5.41, 5.74) is 1.11. The fourth-order valence-corrected chi connectivity index (χ4v) is 5.65. The Kier molecular flexibility index (Phi) is 5.53. The highest BCUT2D eigenvalue weighted by Gasteiger charge is 2.21. The van der Waals surface area contributed by atoms with Crippen LogP contribution < -0.4 is 4.90 Å². The van der Waals surface area contributed by atoms with E-state index >= 15 is 0 Å². The number of aromatic nitrogens is 1. The lowest BCUT2D eigenvalue weighted by molar-refractivity contribution is 0.0860. The molecule has 2 aliphatic rings. The van der Waals surface area contributed by atoms with Crippen LogP contribution in [-0.4, -0.2) is 55.8 Å². The van der Waals surface area contributed by atoms with Crippen molar-refractivity contribution >= 4 is 27.9 Å². The minimum Gasteiger partial charge on any atom is -0.381 e. The highest BCUT2D eigenvalue weighted by Crippen LogP contribution is 2.38. The first-order valence-electron chi connectivity index (χ1n) is 10.9. The minimum absolute atomic E-state index is 0.643. The topological polar surface area (TPSA) is 28.6 Å². The second-order valence-corrected chi connectivity index (χ2v) is 9.18. The maximum atomic E-state index is 5.54. The number of fused-ring (bicyclic) bond motifs is 1. The van der Waals surface area contributed by atoms with Crippen LogP contribution in [0.15, 0.2) is 42.5 Å². The van der Waals surface area contributed by atoms with Gasteiger partial charge in [-0.1, -0.05) is 31.2 Å². The lowest BCUT2D eigenvalue weighted by Crippen LogP contribution is -2.46. The Morgan fingerprint density at radius 2 is 1.83 bits per heavy atom. The molecule has 3 aromatic rings. The molecule has 0 radical (unpaired) electrons. The molecule has 0 unspecified atom stereocenters. The molecule has 0 N–H and O–H groups in total. The van der Waals surface area contributed by atoms with Crippen molar-refractivity contribution in [1.29, 1.82) is 0 Å². The molecule has 4 nitrogen and oxygen atoms in total. The van der Waals surface area contributed by atoms with Crippen LogP contribution in [0.1, 0.15) is 30.6 Å². The molecule has 0 spiro atoms. The van der Waals surface area contributed by atoms with Crippen LogP contribution in [0.4, 0.5) is 5.82 Å². The number of piperazine rings is 1. The zero-order chi connectivity index (χ0) is 19.6. The Hall–Kier alpha value is -1.95. The Morgan fingerprint density at radius 1 is 1.03 bits per heavy atom. The maximum absolute atomic E-state index is 5.54. The zero-order valence-electron chi connectivity index (χ0n) is 17.1. The van der Waals surface area contributed by atoms with E-state index in [9.17, 15) is 0 Å². The first-order valence-corrected chi connectivity index (χ1v) is 11.7. The van der Waals surface area contributed by atoms with Gasteiger partial charge in [0.25, 0.3) is 0 Å². The number of anilines is 1. The van der Waals surface area contributed by atoms with Crippen LogP contribution in [0.25, 0.3) is 21.3 Å². The summed E-state index contributed by atoms with van der Waals surface area (Å²) < 4.78 is 5.54. The van der Waals surface area contributed by atoms with Gasteiger partial charge in [-0.2, -0.15) is 0 Å². The standard InChI is InChI=1S/C24H29N3OS/c1-2-26-11-13-27(14-12-26)24-20-6-4-3-5-19(20)17-21(25-24)23-8-7-22(29-23)18-9-15-28-16-10-18/h3-8,17-18H,2,9-16H2,1H3. The Morgan fingerprint density at radius 3 is 2.62 bits per heavy atom. The number of ether oxygens (including phenoxy) is 1. The number of likely N-dealkylation sites (N-methyl/N-ethyl adjacent to an activating group) is 1. The van der Waals surface area contributed by atoms with Gasteiger partial charge in [0.05, 0.1) is 10.6 Å². The zero-order valence-corrected chi connectivity index (χ0v) is 18.0. The molecular weight excluding hydrogens is 378 g/mol. The Balaban J connectivity index is 1.49. The highest BCUT2D eigenvalue weighted by molar-refractivity contribution is 7.15. The molecule has 2 fully saturated rings. The normalized spacial score (nSPS) is 19.1. The van der Waals surface area contributed by atoms with Crippen molar-refractivity contribution in [2.75, 3.05) is 50.8 Å². The van der Waals surface area contributed by atoms with E-state index in [0.717, 1.165) is 70.3 Å². The van der Waals surface area contributed by atoms with Gasteiger partial charge in [-0.15, -0.1) is 11.3 Å². The van der Waals surface area contributed by atoms with E-state index in [2.05, 4.69) is 59.2 Å². The van der Waals surface area contributed by atoms with Gasteiger partial charge >= 0.3 is 0 Å². The Labute approximate surface area is 177 Å². The summed E-state index contributed by atoms with van der Waals surface area (Å²) in [6, 6.07) is 15.5. The molecule has 0 saturated carbocycles. The quantitative estimate of drug-likeness (QED) is 0.609. The van der Waals surface area contributed by atoms with Gasteiger partial charge in [0, 0.05) is 49.7 Å². The maximum Gasteiger partial charge on any atom is 0.137 e. The summed E-state index contributed by atoms with van der Waals surface area (Å²) in [6.45, 7) is 9.48. The SMILES string of the molecule is CCN1CCN(c2nc(-c3ccc(C4CCOCC4)s3)cc3ccccc23)CC1. The number of hydrogen-bond donors (Lipinski definition) is 0. The number of thiophene rings is 1. The van der Waals surface area contributed by atoms with Crippen LogP contribution >= 0.6 is 11.3 Å². The second-order valence-electron chi connectivity index (χ2n) is 8.06. The molecule has 29 heavy (non-hydrogen) atoms. The third-order valence-electron chi connectivity index (χ3n) is 6.34. The average molecular weight is 408 g/mol. The van der Waals surface area contributed by atoms with Gasteiger partial charge < -0.3 is 14.5 Å². The molecule has 0 aliphatic carbocycles. The summed E-state index contributed by atoms with van der Waals surface area (Å²) in [5, 5.41) is 2.55. The van der Waals surface area contributed by atoms with Crippen molar-refractivity contribution in [3.05, 3.63) is 47.3 Å². The summed E-state index contributed by atoms with van der Waals surface area (Å²) >= 11 is 1.92. The van der Waals surface area contributed by atoms with Crippen molar-refractivity contribution < 1.29 is 4.74 Å². The average Bonchev–Trinajstić information content (AvgIpc) is 3.29.